The summed E-state index contributed by atoms with van der Waals surface area (Å²) < 4.78 is 25.2. The number of alkyl halides is 2. The Morgan fingerprint density at radius 3 is 2.69 bits per heavy atom. The average Bonchev–Trinajstić information content (AvgIpc) is 2.26. The number of rotatable bonds is 3. The van der Waals surface area contributed by atoms with Crippen LogP contribution in [0.5, 0.6) is 0 Å². The maximum absolute atomic E-state index is 12.6. The van der Waals surface area contributed by atoms with E-state index in [2.05, 4.69) is 4.98 Å². The molecule has 5 nitrogen and oxygen atoms in total. The summed E-state index contributed by atoms with van der Waals surface area (Å²) in [5.41, 5.74) is 3.42. The Labute approximate surface area is 89.1 Å². The van der Waals surface area contributed by atoms with Crippen LogP contribution in [0.3, 0.4) is 0 Å². The first-order valence-electron chi connectivity index (χ1n) is 4.16. The molecule has 0 bridgehead atoms. The highest BCUT2D eigenvalue weighted by Gasteiger charge is 2.21. The molecule has 0 aromatic carbocycles. The van der Waals surface area contributed by atoms with E-state index in [0.717, 1.165) is 6.07 Å². The summed E-state index contributed by atoms with van der Waals surface area (Å²) in [4.78, 5) is 14.1. The van der Waals surface area contributed by atoms with E-state index < -0.39 is 29.2 Å². The second-order valence-corrected chi connectivity index (χ2v) is 2.84. The van der Waals surface area contributed by atoms with Crippen molar-refractivity contribution >= 4 is 5.97 Å². The van der Waals surface area contributed by atoms with Crippen LogP contribution in [0, 0.1) is 11.3 Å². The molecule has 0 aliphatic rings. The minimum Gasteiger partial charge on any atom is -0.477 e. The zero-order valence-corrected chi connectivity index (χ0v) is 7.94. The number of hydrogen-bond acceptors (Lipinski definition) is 4. The van der Waals surface area contributed by atoms with Gasteiger partial charge in [-0.05, 0) is 6.07 Å². The summed E-state index contributed by atoms with van der Waals surface area (Å²) in [6, 6.07) is 2.32. The maximum Gasteiger partial charge on any atom is 0.354 e. The van der Waals surface area contributed by atoms with Gasteiger partial charge in [-0.15, -0.1) is 0 Å². The summed E-state index contributed by atoms with van der Waals surface area (Å²) in [5.74, 6) is -1.40. The topological polar surface area (TPSA) is 100 Å². The summed E-state index contributed by atoms with van der Waals surface area (Å²) in [7, 11) is 0. The molecule has 7 heteroatoms. The fourth-order valence-electron chi connectivity index (χ4n) is 1.21. The smallest absolute Gasteiger partial charge is 0.354 e. The summed E-state index contributed by atoms with van der Waals surface area (Å²) in [6.45, 7) is -0.352. The molecule has 1 aromatic heterocycles. The van der Waals surface area contributed by atoms with Crippen LogP contribution in [0.2, 0.25) is 0 Å². The minimum absolute atomic E-state index is 0.272. The van der Waals surface area contributed by atoms with Crippen LogP contribution in [0.1, 0.15) is 33.7 Å². The molecule has 0 radical (unpaired) electrons. The van der Waals surface area contributed by atoms with Gasteiger partial charge in [-0.2, -0.15) is 5.26 Å². The van der Waals surface area contributed by atoms with E-state index in [0.29, 0.717) is 0 Å². The van der Waals surface area contributed by atoms with E-state index in [1.54, 1.807) is 0 Å². The summed E-state index contributed by atoms with van der Waals surface area (Å²) in [5, 5.41) is 17.3. The molecule has 0 unspecified atom stereocenters. The highest BCUT2D eigenvalue weighted by molar-refractivity contribution is 5.86. The van der Waals surface area contributed by atoms with Gasteiger partial charge in [-0.1, -0.05) is 0 Å². The molecule has 1 aromatic rings. The van der Waals surface area contributed by atoms with Crippen LogP contribution in [-0.2, 0) is 6.54 Å². The molecular weight excluding hydrogens is 220 g/mol. The molecule has 3 N–H and O–H groups in total. The van der Waals surface area contributed by atoms with Crippen LogP contribution in [0.25, 0.3) is 0 Å². The quantitative estimate of drug-likeness (QED) is 0.803. The molecule has 0 fully saturated rings. The third-order valence-corrected chi connectivity index (χ3v) is 1.89. The third kappa shape index (κ3) is 2.12. The second-order valence-electron chi connectivity index (χ2n) is 2.84. The van der Waals surface area contributed by atoms with Crippen molar-refractivity contribution in [2.45, 2.75) is 13.0 Å². The maximum atomic E-state index is 12.6. The lowest BCUT2D eigenvalue weighted by molar-refractivity contribution is 0.0689. The van der Waals surface area contributed by atoms with Gasteiger partial charge in [-0.25, -0.2) is 18.6 Å². The Balaban J connectivity index is 3.51. The number of carboxylic acids is 1. The van der Waals surface area contributed by atoms with Gasteiger partial charge in [-0.3, -0.25) is 0 Å². The number of nitriles is 1. The van der Waals surface area contributed by atoms with Gasteiger partial charge < -0.3 is 10.8 Å². The van der Waals surface area contributed by atoms with Crippen LogP contribution >= 0.6 is 0 Å². The number of hydrogen-bond donors (Lipinski definition) is 2. The van der Waals surface area contributed by atoms with Gasteiger partial charge in [0.05, 0.1) is 22.9 Å². The molecule has 0 amide bonds. The van der Waals surface area contributed by atoms with E-state index >= 15 is 0 Å². The van der Waals surface area contributed by atoms with Crippen molar-refractivity contribution in [3.05, 3.63) is 28.6 Å². The van der Waals surface area contributed by atoms with Crippen molar-refractivity contribution in [1.29, 1.82) is 5.26 Å². The van der Waals surface area contributed by atoms with Crippen molar-refractivity contribution in [2.24, 2.45) is 5.73 Å². The molecule has 0 aliphatic carbocycles. The van der Waals surface area contributed by atoms with Crippen LogP contribution in [0.4, 0.5) is 8.78 Å². The highest BCUT2D eigenvalue weighted by Crippen LogP contribution is 2.26. The summed E-state index contributed by atoms with van der Waals surface area (Å²) in [6.07, 6.45) is -2.91. The van der Waals surface area contributed by atoms with Crippen LogP contribution in [-0.4, -0.2) is 16.1 Å². The fourth-order valence-corrected chi connectivity index (χ4v) is 1.21. The first-order valence-corrected chi connectivity index (χ1v) is 4.16. The van der Waals surface area contributed by atoms with Crippen molar-refractivity contribution < 1.29 is 18.7 Å². The number of halogens is 2. The SMILES string of the molecule is N#Cc1cc(C(=O)O)nc(CN)c1C(F)F. The number of carbonyl (C=O) groups is 1. The van der Waals surface area contributed by atoms with Gasteiger partial charge in [0.1, 0.15) is 5.69 Å². The van der Waals surface area contributed by atoms with Gasteiger partial charge in [0, 0.05) is 6.54 Å². The number of nitrogens with zero attached hydrogens (tertiary/aromatic N) is 2. The lowest BCUT2D eigenvalue weighted by Gasteiger charge is -2.09. The van der Waals surface area contributed by atoms with Gasteiger partial charge in [0.15, 0.2) is 0 Å². The number of nitrogens with two attached hydrogens (primary N) is 1. The number of carboxylic acid groups (broad SMARTS) is 1. The van der Waals surface area contributed by atoms with Crippen molar-refractivity contribution in [1.82, 2.24) is 4.98 Å². The van der Waals surface area contributed by atoms with Crippen LogP contribution < -0.4 is 5.73 Å². The molecule has 16 heavy (non-hydrogen) atoms. The Hall–Kier alpha value is -2.07. The molecule has 0 saturated carbocycles. The van der Waals surface area contributed by atoms with Crippen LogP contribution in [0.15, 0.2) is 6.07 Å². The number of aromatic carboxylic acids is 1. The largest absolute Gasteiger partial charge is 0.477 e. The van der Waals surface area contributed by atoms with E-state index in [-0.39, 0.29) is 12.2 Å². The molecular formula is C9H7F2N3O2. The lowest BCUT2D eigenvalue weighted by atomic mass is 10.1. The van der Waals surface area contributed by atoms with Gasteiger partial charge in [0.2, 0.25) is 0 Å². The molecule has 1 heterocycles. The normalized spacial score (nSPS) is 10.2. The zero-order chi connectivity index (χ0) is 12.3. The first kappa shape index (κ1) is 12.0. The molecule has 0 aliphatic heterocycles. The number of aromatic nitrogens is 1. The standard InChI is InChI=1S/C9H7F2N3O2/c10-8(11)7-4(2-12)1-5(9(15)16)14-6(7)3-13/h1,8H,3,13H2,(H,15,16). The van der Waals surface area contributed by atoms with Crippen molar-refractivity contribution in [2.75, 3.05) is 0 Å². The van der Waals surface area contributed by atoms with Gasteiger partial charge in [0.25, 0.3) is 6.43 Å². The Kier molecular flexibility index (Phi) is 3.48. The summed E-state index contributed by atoms with van der Waals surface area (Å²) >= 11 is 0. The van der Waals surface area contributed by atoms with E-state index in [4.69, 9.17) is 16.1 Å². The Morgan fingerprint density at radius 2 is 2.31 bits per heavy atom. The van der Waals surface area contributed by atoms with Crippen molar-refractivity contribution in [3.63, 3.8) is 0 Å². The minimum atomic E-state index is -2.91. The van der Waals surface area contributed by atoms with Crippen molar-refractivity contribution in [3.8, 4) is 6.07 Å². The highest BCUT2D eigenvalue weighted by atomic mass is 19.3. The number of pyridine rings is 1. The predicted octanol–water partition coefficient (Wildman–Crippen LogP) is 1.05. The van der Waals surface area contributed by atoms with E-state index in [9.17, 15) is 13.6 Å². The van der Waals surface area contributed by atoms with E-state index in [1.165, 1.54) is 6.07 Å². The molecule has 1 rings (SSSR count). The zero-order valence-electron chi connectivity index (χ0n) is 7.94. The third-order valence-electron chi connectivity index (χ3n) is 1.89. The molecule has 84 valence electrons. The second kappa shape index (κ2) is 4.63. The Bertz CT molecular complexity index is 469. The Morgan fingerprint density at radius 1 is 1.69 bits per heavy atom. The fraction of sp³-hybridized carbons (Fsp3) is 0.222. The van der Waals surface area contributed by atoms with Gasteiger partial charge >= 0.3 is 5.97 Å². The monoisotopic (exact) mass is 227 g/mol. The first-order chi connectivity index (χ1) is 7.51. The average molecular weight is 227 g/mol. The van der Waals surface area contributed by atoms with E-state index in [1.807, 2.05) is 0 Å². The molecule has 0 saturated heterocycles. The molecule has 0 spiro atoms. The predicted molar refractivity (Wildman–Crippen MR) is 48.8 cm³/mol. The lowest BCUT2D eigenvalue weighted by Crippen LogP contribution is -2.12. The molecule has 0 atom stereocenters.